The van der Waals surface area contributed by atoms with Crippen molar-refractivity contribution in [2.24, 2.45) is 0 Å². The Hall–Kier alpha value is -0.890. The van der Waals surface area contributed by atoms with Crippen molar-refractivity contribution in [2.75, 3.05) is 0 Å². The van der Waals surface area contributed by atoms with Gasteiger partial charge in [-0.15, -0.1) is 0 Å². The van der Waals surface area contributed by atoms with Crippen LogP contribution < -0.4 is 5.30 Å². The van der Waals surface area contributed by atoms with Gasteiger partial charge in [0.05, 0.1) is 5.30 Å². The van der Waals surface area contributed by atoms with E-state index in [1.54, 1.807) is 12.1 Å². The first-order valence-corrected chi connectivity index (χ1v) is 5.86. The van der Waals surface area contributed by atoms with Gasteiger partial charge in [-0.1, -0.05) is 18.2 Å². The summed E-state index contributed by atoms with van der Waals surface area (Å²) in [5, 5.41) is 0.0603. The molecule has 1 aromatic rings. The van der Waals surface area contributed by atoms with Gasteiger partial charge in [0.15, 0.2) is 0 Å². The lowest BCUT2D eigenvalue weighted by Gasteiger charge is -2.05. The standard InChI is InChI=1S/C10H13O3P/c1-3-8(2)9-4-6-10(7-5-9)14(11,12)13/h3-7H,1-2H3,(H2,11,12,13)/b8-3+. The average Bonchev–Trinajstić information content (AvgIpc) is 2.15. The summed E-state index contributed by atoms with van der Waals surface area (Å²) in [6, 6.07) is 6.35. The predicted octanol–water partition coefficient (Wildman–Crippen LogP) is 1.91. The minimum absolute atomic E-state index is 0.0603. The summed E-state index contributed by atoms with van der Waals surface area (Å²) in [5.74, 6) is 0. The van der Waals surface area contributed by atoms with E-state index >= 15 is 0 Å². The van der Waals surface area contributed by atoms with Gasteiger partial charge >= 0.3 is 7.60 Å². The first kappa shape index (κ1) is 11.2. The molecule has 0 unspecified atom stereocenters. The highest BCUT2D eigenvalue weighted by molar-refractivity contribution is 7.60. The van der Waals surface area contributed by atoms with Crippen LogP contribution in [0.5, 0.6) is 0 Å². The van der Waals surface area contributed by atoms with Crippen LogP contribution in [-0.2, 0) is 4.57 Å². The maximum absolute atomic E-state index is 10.9. The molecule has 1 rings (SSSR count). The zero-order valence-electron chi connectivity index (χ0n) is 8.14. The Balaban J connectivity index is 3.07. The van der Waals surface area contributed by atoms with Gasteiger partial charge < -0.3 is 9.79 Å². The van der Waals surface area contributed by atoms with Crippen molar-refractivity contribution in [1.29, 1.82) is 0 Å². The highest BCUT2D eigenvalue weighted by atomic mass is 31.2. The van der Waals surface area contributed by atoms with E-state index in [9.17, 15) is 4.57 Å². The van der Waals surface area contributed by atoms with Crippen molar-refractivity contribution in [1.82, 2.24) is 0 Å². The molecule has 2 N–H and O–H groups in total. The second-order valence-corrected chi connectivity index (χ2v) is 4.67. The molecule has 0 aliphatic carbocycles. The van der Waals surface area contributed by atoms with Crippen LogP contribution in [0.4, 0.5) is 0 Å². The molecule has 0 bridgehead atoms. The second-order valence-electron chi connectivity index (χ2n) is 3.06. The van der Waals surface area contributed by atoms with Crippen molar-refractivity contribution in [3.05, 3.63) is 35.9 Å². The molecule has 0 aliphatic heterocycles. The van der Waals surface area contributed by atoms with E-state index in [-0.39, 0.29) is 5.30 Å². The third-order valence-corrected chi connectivity index (χ3v) is 3.06. The fourth-order valence-electron chi connectivity index (χ4n) is 1.09. The lowest BCUT2D eigenvalue weighted by molar-refractivity contribution is 0.387. The maximum Gasteiger partial charge on any atom is 0.356 e. The molecular formula is C10H13O3P. The Morgan fingerprint density at radius 2 is 1.79 bits per heavy atom. The van der Waals surface area contributed by atoms with Crippen molar-refractivity contribution in [3.8, 4) is 0 Å². The van der Waals surface area contributed by atoms with Gasteiger partial charge in [-0.25, -0.2) is 0 Å². The number of hydrogen-bond acceptors (Lipinski definition) is 1. The molecule has 1 aromatic carbocycles. The number of allylic oxidation sites excluding steroid dienone is 2. The smallest absolute Gasteiger partial charge is 0.321 e. The van der Waals surface area contributed by atoms with Crippen LogP contribution in [-0.4, -0.2) is 9.79 Å². The van der Waals surface area contributed by atoms with Gasteiger partial charge in [0.2, 0.25) is 0 Å². The molecule has 0 radical (unpaired) electrons. The third kappa shape index (κ3) is 2.55. The van der Waals surface area contributed by atoms with Gasteiger partial charge in [0.25, 0.3) is 0 Å². The summed E-state index contributed by atoms with van der Waals surface area (Å²) in [6.45, 7) is 3.87. The van der Waals surface area contributed by atoms with Gasteiger partial charge in [0, 0.05) is 0 Å². The van der Waals surface area contributed by atoms with Crippen LogP contribution in [0.3, 0.4) is 0 Å². The Bertz CT molecular complexity index is 386. The molecule has 0 aromatic heterocycles. The summed E-state index contributed by atoms with van der Waals surface area (Å²) in [5.41, 5.74) is 2.06. The number of hydrogen-bond donors (Lipinski definition) is 2. The highest BCUT2D eigenvalue weighted by Gasteiger charge is 2.15. The molecule has 0 saturated heterocycles. The molecule has 0 saturated carbocycles. The van der Waals surface area contributed by atoms with Gasteiger partial charge in [-0.2, -0.15) is 0 Å². The molecule has 0 heterocycles. The lowest BCUT2D eigenvalue weighted by atomic mass is 10.1. The molecule has 0 atom stereocenters. The van der Waals surface area contributed by atoms with E-state index in [2.05, 4.69) is 0 Å². The molecule has 0 amide bonds. The summed E-state index contributed by atoms with van der Waals surface area (Å²) in [6.07, 6.45) is 1.95. The fourth-order valence-corrected chi connectivity index (χ4v) is 1.62. The van der Waals surface area contributed by atoms with Gasteiger partial charge in [0.1, 0.15) is 0 Å². The zero-order valence-corrected chi connectivity index (χ0v) is 9.03. The minimum Gasteiger partial charge on any atom is -0.321 e. The van der Waals surface area contributed by atoms with Crippen molar-refractivity contribution < 1.29 is 14.4 Å². The molecule has 0 spiro atoms. The van der Waals surface area contributed by atoms with E-state index in [0.29, 0.717) is 0 Å². The van der Waals surface area contributed by atoms with E-state index in [4.69, 9.17) is 9.79 Å². The second kappa shape index (κ2) is 4.09. The maximum atomic E-state index is 10.9. The SMILES string of the molecule is C/C=C(\C)c1ccc(P(=O)(O)O)cc1. The van der Waals surface area contributed by atoms with Crippen LogP contribution in [0.25, 0.3) is 5.57 Å². The molecule has 3 nitrogen and oxygen atoms in total. The Morgan fingerprint density at radius 3 is 2.14 bits per heavy atom. The van der Waals surface area contributed by atoms with E-state index in [1.807, 2.05) is 19.9 Å². The molecule has 14 heavy (non-hydrogen) atoms. The largest absolute Gasteiger partial charge is 0.356 e. The third-order valence-electron chi connectivity index (χ3n) is 2.09. The average molecular weight is 212 g/mol. The van der Waals surface area contributed by atoms with Crippen molar-refractivity contribution in [3.63, 3.8) is 0 Å². The molecule has 76 valence electrons. The lowest BCUT2D eigenvalue weighted by Crippen LogP contribution is -2.02. The topological polar surface area (TPSA) is 57.5 Å². The van der Waals surface area contributed by atoms with Crippen LogP contribution in [0.2, 0.25) is 0 Å². The van der Waals surface area contributed by atoms with Gasteiger partial charge in [-0.3, -0.25) is 4.57 Å². The number of rotatable bonds is 2. The minimum atomic E-state index is -4.10. The Kier molecular flexibility index (Phi) is 3.27. The molecule has 4 heteroatoms. The quantitative estimate of drug-likeness (QED) is 0.736. The van der Waals surface area contributed by atoms with E-state index in [1.165, 1.54) is 12.1 Å². The van der Waals surface area contributed by atoms with Crippen LogP contribution >= 0.6 is 7.60 Å². The Labute approximate surface area is 83.3 Å². The predicted molar refractivity (Wildman–Crippen MR) is 57.4 cm³/mol. The summed E-state index contributed by atoms with van der Waals surface area (Å²) in [7, 11) is -4.10. The highest BCUT2D eigenvalue weighted by Crippen LogP contribution is 2.33. The van der Waals surface area contributed by atoms with Crippen LogP contribution in [0.1, 0.15) is 19.4 Å². The monoisotopic (exact) mass is 212 g/mol. The summed E-state index contributed by atoms with van der Waals surface area (Å²) in [4.78, 5) is 17.7. The Morgan fingerprint density at radius 1 is 1.29 bits per heavy atom. The first-order chi connectivity index (χ1) is 6.45. The fraction of sp³-hybridized carbons (Fsp3) is 0.200. The van der Waals surface area contributed by atoms with Crippen molar-refractivity contribution >= 4 is 18.5 Å². The van der Waals surface area contributed by atoms with E-state index in [0.717, 1.165) is 11.1 Å². The first-order valence-electron chi connectivity index (χ1n) is 4.24. The van der Waals surface area contributed by atoms with Crippen LogP contribution in [0.15, 0.2) is 30.3 Å². The number of benzene rings is 1. The normalized spacial score (nSPS) is 13.0. The van der Waals surface area contributed by atoms with Crippen molar-refractivity contribution in [2.45, 2.75) is 13.8 Å². The molecular weight excluding hydrogens is 199 g/mol. The summed E-state index contributed by atoms with van der Waals surface area (Å²) >= 11 is 0. The molecule has 0 aliphatic rings. The zero-order chi connectivity index (χ0) is 10.8. The van der Waals surface area contributed by atoms with E-state index < -0.39 is 7.60 Å². The van der Waals surface area contributed by atoms with Gasteiger partial charge in [-0.05, 0) is 37.1 Å². The summed E-state index contributed by atoms with van der Waals surface area (Å²) < 4.78 is 10.9. The molecule has 0 fully saturated rings. The van der Waals surface area contributed by atoms with Crippen LogP contribution in [0, 0.1) is 0 Å².